The minimum absolute atomic E-state index is 0.0689. The van der Waals surface area contributed by atoms with Gasteiger partial charge in [0.05, 0.1) is 12.2 Å². The third-order valence-electron chi connectivity index (χ3n) is 3.03. The number of thiocarbonyl (C=S) groups is 1. The van der Waals surface area contributed by atoms with Crippen molar-refractivity contribution < 1.29 is 13.9 Å². The van der Waals surface area contributed by atoms with Gasteiger partial charge in [0.25, 0.3) is 5.91 Å². The van der Waals surface area contributed by atoms with Crippen LogP contribution in [0.3, 0.4) is 0 Å². The number of rotatable bonds is 1. The van der Waals surface area contributed by atoms with Crippen LogP contribution in [0.2, 0.25) is 0 Å². The number of amides is 1. The van der Waals surface area contributed by atoms with E-state index >= 15 is 0 Å². The van der Waals surface area contributed by atoms with E-state index in [2.05, 4.69) is 5.32 Å². The lowest BCUT2D eigenvalue weighted by molar-refractivity contribution is -0.0481. The molecule has 0 spiro atoms. The second-order valence-corrected chi connectivity index (χ2v) is 5.32. The van der Waals surface area contributed by atoms with Crippen LogP contribution >= 0.6 is 12.2 Å². The summed E-state index contributed by atoms with van der Waals surface area (Å²) in [7, 11) is 0. The topological polar surface area (TPSA) is 41.6 Å². The van der Waals surface area contributed by atoms with Gasteiger partial charge < -0.3 is 9.64 Å². The molecule has 1 aliphatic heterocycles. The SMILES string of the molecule is C[C@H]1CN(C(=S)NC(=O)c2ccc(F)cc2)C[C@H](C)O1. The lowest BCUT2D eigenvalue weighted by atomic mass is 10.2. The van der Waals surface area contributed by atoms with Crippen molar-refractivity contribution in [1.82, 2.24) is 10.2 Å². The van der Waals surface area contributed by atoms with Gasteiger partial charge >= 0.3 is 0 Å². The van der Waals surface area contributed by atoms with Gasteiger partial charge in [-0.15, -0.1) is 0 Å². The summed E-state index contributed by atoms with van der Waals surface area (Å²) in [5, 5.41) is 3.04. The van der Waals surface area contributed by atoms with E-state index in [1.54, 1.807) is 0 Å². The van der Waals surface area contributed by atoms with E-state index < -0.39 is 0 Å². The molecule has 2 rings (SSSR count). The summed E-state index contributed by atoms with van der Waals surface area (Å²) in [5.41, 5.74) is 0.378. The molecule has 4 nitrogen and oxygen atoms in total. The first-order valence-corrected chi connectivity index (χ1v) is 6.88. The van der Waals surface area contributed by atoms with E-state index in [9.17, 15) is 9.18 Å². The maximum absolute atomic E-state index is 12.8. The van der Waals surface area contributed by atoms with E-state index in [1.807, 2.05) is 18.7 Å². The summed E-state index contributed by atoms with van der Waals surface area (Å²) in [6, 6.07) is 5.35. The number of nitrogens with zero attached hydrogens (tertiary/aromatic N) is 1. The summed E-state index contributed by atoms with van der Waals surface area (Å²) in [5.74, 6) is -0.707. The number of hydrogen-bond acceptors (Lipinski definition) is 3. The Kier molecular flexibility index (Phi) is 4.67. The molecule has 0 bridgehead atoms. The Balaban J connectivity index is 1.97. The summed E-state index contributed by atoms with van der Waals surface area (Å²) in [6.45, 7) is 5.22. The number of halogens is 1. The number of carbonyl (C=O) groups is 1. The Morgan fingerprint density at radius 1 is 1.30 bits per heavy atom. The highest BCUT2D eigenvalue weighted by Gasteiger charge is 2.24. The monoisotopic (exact) mass is 296 g/mol. The second-order valence-electron chi connectivity index (χ2n) is 4.93. The highest BCUT2D eigenvalue weighted by Crippen LogP contribution is 2.11. The lowest BCUT2D eigenvalue weighted by Crippen LogP contribution is -2.52. The minimum atomic E-state index is -0.375. The van der Waals surface area contributed by atoms with Gasteiger partial charge in [-0.25, -0.2) is 4.39 Å². The first kappa shape index (κ1) is 14.9. The highest BCUT2D eigenvalue weighted by atomic mass is 32.1. The molecule has 1 saturated heterocycles. The average Bonchev–Trinajstić information content (AvgIpc) is 2.38. The average molecular weight is 296 g/mol. The first-order valence-electron chi connectivity index (χ1n) is 6.47. The van der Waals surface area contributed by atoms with Crippen LogP contribution in [0.25, 0.3) is 0 Å². The van der Waals surface area contributed by atoms with Gasteiger partial charge in [0, 0.05) is 18.7 Å². The molecule has 0 unspecified atom stereocenters. The zero-order chi connectivity index (χ0) is 14.7. The van der Waals surface area contributed by atoms with Gasteiger partial charge in [-0.1, -0.05) is 0 Å². The quantitative estimate of drug-likeness (QED) is 0.804. The minimum Gasteiger partial charge on any atom is -0.372 e. The molecule has 0 saturated carbocycles. The molecular formula is C14H17FN2O2S. The van der Waals surface area contributed by atoms with Crippen LogP contribution in [-0.2, 0) is 4.74 Å². The predicted octanol–water partition coefficient (Wildman–Crippen LogP) is 1.95. The zero-order valence-corrected chi connectivity index (χ0v) is 12.2. The second kappa shape index (κ2) is 6.28. The molecule has 0 aliphatic carbocycles. The van der Waals surface area contributed by atoms with Crippen LogP contribution in [0.5, 0.6) is 0 Å². The van der Waals surface area contributed by atoms with Crippen LogP contribution in [0, 0.1) is 5.82 Å². The van der Waals surface area contributed by atoms with Crippen molar-refractivity contribution in [2.75, 3.05) is 13.1 Å². The summed E-state index contributed by atoms with van der Waals surface area (Å²) >= 11 is 5.25. The van der Waals surface area contributed by atoms with E-state index in [4.69, 9.17) is 17.0 Å². The van der Waals surface area contributed by atoms with Crippen molar-refractivity contribution >= 4 is 23.2 Å². The molecule has 1 aliphatic rings. The number of carbonyl (C=O) groups excluding carboxylic acids is 1. The molecule has 0 aromatic heterocycles. The molecule has 1 aromatic carbocycles. The first-order chi connectivity index (χ1) is 9.45. The van der Waals surface area contributed by atoms with Crippen LogP contribution in [0.15, 0.2) is 24.3 Å². The molecular weight excluding hydrogens is 279 g/mol. The molecule has 1 amide bonds. The number of hydrogen-bond donors (Lipinski definition) is 1. The fourth-order valence-corrected chi connectivity index (χ4v) is 2.44. The van der Waals surface area contributed by atoms with Gasteiger partial charge in [-0.3, -0.25) is 10.1 Å². The zero-order valence-electron chi connectivity index (χ0n) is 11.4. The Hall–Kier alpha value is -1.53. The van der Waals surface area contributed by atoms with E-state index in [-0.39, 0.29) is 23.9 Å². The van der Waals surface area contributed by atoms with Crippen molar-refractivity contribution in [1.29, 1.82) is 0 Å². The third-order valence-corrected chi connectivity index (χ3v) is 3.39. The normalized spacial score (nSPS) is 22.4. The van der Waals surface area contributed by atoms with Gasteiger partial charge in [0.2, 0.25) is 0 Å². The standard InChI is InChI=1S/C14H17FN2O2S/c1-9-7-17(8-10(2)19-9)14(20)16-13(18)11-3-5-12(15)6-4-11/h3-6,9-10H,7-8H2,1-2H3,(H,16,18,20)/t9-,10-/m0/s1. The molecule has 1 fully saturated rings. The smallest absolute Gasteiger partial charge is 0.257 e. The largest absolute Gasteiger partial charge is 0.372 e. The Morgan fingerprint density at radius 3 is 2.40 bits per heavy atom. The molecule has 1 N–H and O–H groups in total. The third kappa shape index (κ3) is 3.74. The fraction of sp³-hybridized carbons (Fsp3) is 0.429. The maximum Gasteiger partial charge on any atom is 0.257 e. The maximum atomic E-state index is 12.8. The van der Waals surface area contributed by atoms with Crippen molar-refractivity contribution in [3.05, 3.63) is 35.6 Å². The summed E-state index contributed by atoms with van der Waals surface area (Å²) < 4.78 is 18.4. The highest BCUT2D eigenvalue weighted by molar-refractivity contribution is 7.80. The molecule has 2 atom stereocenters. The van der Waals surface area contributed by atoms with Crippen LogP contribution in [0.1, 0.15) is 24.2 Å². The lowest BCUT2D eigenvalue weighted by Gasteiger charge is -2.36. The molecule has 6 heteroatoms. The van der Waals surface area contributed by atoms with Crippen LogP contribution < -0.4 is 5.32 Å². The van der Waals surface area contributed by atoms with E-state index in [0.717, 1.165) is 0 Å². The molecule has 1 heterocycles. The fourth-order valence-electron chi connectivity index (χ4n) is 2.19. The molecule has 108 valence electrons. The Labute approximate surface area is 122 Å². The van der Waals surface area contributed by atoms with Gasteiger partial charge in [-0.2, -0.15) is 0 Å². The summed E-state index contributed by atoms with van der Waals surface area (Å²) in [6.07, 6.45) is 0.138. The Morgan fingerprint density at radius 2 is 1.85 bits per heavy atom. The Bertz CT molecular complexity index is 496. The van der Waals surface area contributed by atoms with Crippen molar-refractivity contribution in [2.45, 2.75) is 26.1 Å². The van der Waals surface area contributed by atoms with Crippen molar-refractivity contribution in [2.24, 2.45) is 0 Å². The van der Waals surface area contributed by atoms with E-state index in [1.165, 1.54) is 24.3 Å². The van der Waals surface area contributed by atoms with Crippen molar-refractivity contribution in [3.8, 4) is 0 Å². The van der Waals surface area contributed by atoms with Crippen LogP contribution in [0.4, 0.5) is 4.39 Å². The number of nitrogens with one attached hydrogen (secondary N) is 1. The predicted molar refractivity (Wildman–Crippen MR) is 78.0 cm³/mol. The summed E-state index contributed by atoms with van der Waals surface area (Å²) in [4.78, 5) is 13.9. The number of morpholine rings is 1. The van der Waals surface area contributed by atoms with Gasteiger partial charge in [0.1, 0.15) is 5.82 Å². The number of ether oxygens (including phenoxy) is 1. The molecule has 0 radical (unpaired) electrons. The number of benzene rings is 1. The van der Waals surface area contributed by atoms with Crippen LogP contribution in [-0.4, -0.2) is 41.2 Å². The van der Waals surface area contributed by atoms with E-state index in [0.29, 0.717) is 23.8 Å². The van der Waals surface area contributed by atoms with Gasteiger partial charge in [-0.05, 0) is 50.3 Å². The van der Waals surface area contributed by atoms with Gasteiger partial charge in [0.15, 0.2) is 5.11 Å². The molecule has 1 aromatic rings. The van der Waals surface area contributed by atoms with Crippen molar-refractivity contribution in [3.63, 3.8) is 0 Å². The molecule has 20 heavy (non-hydrogen) atoms.